The molecule has 0 bridgehead atoms. The molecule has 4 aromatic rings. The van der Waals surface area contributed by atoms with Gasteiger partial charge in [0.25, 0.3) is 0 Å². The molecule has 0 N–H and O–H groups in total. The van der Waals surface area contributed by atoms with Gasteiger partial charge in [-0.25, -0.2) is 0 Å². The molecule has 4 aliphatic rings. The fourth-order valence-corrected chi connectivity index (χ4v) is 9.23. The average Bonchev–Trinajstić information content (AvgIpc) is 3.35. The van der Waals surface area contributed by atoms with Crippen LogP contribution in [0.1, 0.15) is 87.6 Å². The van der Waals surface area contributed by atoms with E-state index in [1.807, 2.05) is 6.08 Å². The Morgan fingerprint density at radius 3 is 2.36 bits per heavy atom. The molecule has 0 aromatic heterocycles. The number of benzene rings is 4. The summed E-state index contributed by atoms with van der Waals surface area (Å²) in [5.41, 5.74) is 13.5. The van der Waals surface area contributed by atoms with Gasteiger partial charge < -0.3 is 9.80 Å². The van der Waals surface area contributed by atoms with E-state index in [2.05, 4.69) is 166 Å². The van der Waals surface area contributed by atoms with Crippen molar-refractivity contribution < 1.29 is 0 Å². The largest absolute Gasteiger partial charge is 0.343 e. The van der Waals surface area contributed by atoms with Crippen molar-refractivity contribution in [3.63, 3.8) is 0 Å². The number of aryl methyl sites for hydroxylation is 1. The molecule has 8 rings (SSSR count). The Morgan fingerprint density at radius 1 is 0.800 bits per heavy atom. The van der Waals surface area contributed by atoms with Crippen LogP contribution in [0.4, 0.5) is 11.4 Å². The van der Waals surface area contributed by atoms with E-state index in [1.165, 1.54) is 73.4 Å². The highest BCUT2D eigenvalue weighted by atomic mass is 15.2. The maximum Gasteiger partial charge on any atom is 0.0445 e. The van der Waals surface area contributed by atoms with Gasteiger partial charge in [0, 0.05) is 40.8 Å². The molecule has 0 amide bonds. The molecule has 0 radical (unpaired) electrons. The number of anilines is 2. The second kappa shape index (κ2) is 12.7. The summed E-state index contributed by atoms with van der Waals surface area (Å²) in [7, 11) is 0. The molecule has 2 aliphatic heterocycles. The smallest absolute Gasteiger partial charge is 0.0445 e. The summed E-state index contributed by atoms with van der Waals surface area (Å²) in [6.07, 6.45) is 26.0. The van der Waals surface area contributed by atoms with Crippen molar-refractivity contribution in [1.29, 1.82) is 0 Å². The minimum absolute atomic E-state index is 0.0235. The van der Waals surface area contributed by atoms with Crippen LogP contribution >= 0.6 is 0 Å². The van der Waals surface area contributed by atoms with Gasteiger partial charge in [0.1, 0.15) is 0 Å². The first-order valence-electron chi connectivity index (χ1n) is 18.5. The summed E-state index contributed by atoms with van der Waals surface area (Å²) >= 11 is 0. The van der Waals surface area contributed by atoms with Gasteiger partial charge in [0.15, 0.2) is 0 Å². The third-order valence-electron chi connectivity index (χ3n) is 12.1. The zero-order valence-electron chi connectivity index (χ0n) is 30.2. The van der Waals surface area contributed by atoms with Crippen LogP contribution in [0.2, 0.25) is 0 Å². The monoisotopic (exact) mass is 652 g/mol. The lowest BCUT2D eigenvalue weighted by molar-refractivity contribution is 0.291. The molecule has 0 saturated heterocycles. The van der Waals surface area contributed by atoms with E-state index in [1.54, 1.807) is 0 Å². The lowest BCUT2D eigenvalue weighted by Crippen LogP contribution is -2.36. The average molecular weight is 653 g/mol. The molecule has 2 nitrogen and oxygen atoms in total. The molecule has 0 fully saturated rings. The number of rotatable bonds is 5. The SMILES string of the molecule is C#C/C=C\C1=C(C)N(C2=CC3C(C=C2)c2ccc(/C=C/c4ccc5cc(N6c7ccccc7CCC6C)ccc5c4)cc2C3(C)C)C(C)CC1. The quantitative estimate of drug-likeness (QED) is 0.156. The summed E-state index contributed by atoms with van der Waals surface area (Å²) in [5.74, 6) is 3.48. The van der Waals surface area contributed by atoms with Crippen molar-refractivity contribution >= 4 is 34.3 Å². The number of terminal acetylenes is 1. The van der Waals surface area contributed by atoms with Crippen molar-refractivity contribution in [1.82, 2.24) is 4.90 Å². The minimum atomic E-state index is 0.0235. The molecule has 4 atom stereocenters. The fraction of sp³-hybridized carbons (Fsp3) is 0.292. The third kappa shape index (κ3) is 5.54. The maximum absolute atomic E-state index is 5.54. The predicted octanol–water partition coefficient (Wildman–Crippen LogP) is 11.9. The summed E-state index contributed by atoms with van der Waals surface area (Å²) in [6, 6.07) is 30.7. The number of nitrogens with zero attached hydrogens (tertiary/aromatic N) is 2. The van der Waals surface area contributed by atoms with Gasteiger partial charge in [-0.1, -0.05) is 98.7 Å². The Hall–Kier alpha value is -5.00. The fourth-order valence-electron chi connectivity index (χ4n) is 9.23. The lowest BCUT2D eigenvalue weighted by Gasteiger charge is -2.41. The molecule has 0 saturated carbocycles. The molecule has 0 spiro atoms. The second-order valence-electron chi connectivity index (χ2n) is 15.4. The van der Waals surface area contributed by atoms with Crippen LogP contribution < -0.4 is 4.90 Å². The van der Waals surface area contributed by atoms with Gasteiger partial charge in [0.2, 0.25) is 0 Å². The van der Waals surface area contributed by atoms with Gasteiger partial charge in [-0.05, 0) is 144 Å². The Bertz CT molecular complexity index is 2180. The van der Waals surface area contributed by atoms with E-state index in [-0.39, 0.29) is 5.41 Å². The first-order valence-corrected chi connectivity index (χ1v) is 18.5. The van der Waals surface area contributed by atoms with E-state index < -0.39 is 0 Å². The Labute approximate surface area is 299 Å². The number of fused-ring (bicyclic) bond motifs is 5. The molecule has 2 heteroatoms. The van der Waals surface area contributed by atoms with Crippen molar-refractivity contribution in [3.05, 3.63) is 154 Å². The van der Waals surface area contributed by atoms with Crippen LogP contribution in [-0.2, 0) is 11.8 Å². The number of hydrogen-bond acceptors (Lipinski definition) is 2. The van der Waals surface area contributed by atoms with Gasteiger partial charge in [-0.15, -0.1) is 6.42 Å². The van der Waals surface area contributed by atoms with E-state index in [0.717, 1.165) is 19.3 Å². The van der Waals surface area contributed by atoms with Crippen molar-refractivity contribution in [3.8, 4) is 12.3 Å². The van der Waals surface area contributed by atoms with E-state index in [0.29, 0.717) is 23.9 Å². The highest BCUT2D eigenvalue weighted by Gasteiger charge is 2.46. The molecule has 4 aromatic carbocycles. The first-order chi connectivity index (χ1) is 24.2. The standard InChI is InChI=1S/C48H48N2/c1-7-8-11-37-20-14-32(2)49(34(37)4)42-25-27-44-43-26-19-36(29-45(43)48(5,6)46(44)31-42)17-16-35-18-22-40-30-41(24-23-39(40)28-35)50-33(3)15-21-38-12-9-10-13-47(38)50/h1,8-13,16-19,22-33,44,46H,14-15,20-21H2,2-6H3/b11-8-,17-16+. The Balaban J connectivity index is 1.03. The topological polar surface area (TPSA) is 6.48 Å². The van der Waals surface area contributed by atoms with E-state index in [9.17, 15) is 0 Å². The van der Waals surface area contributed by atoms with Crippen LogP contribution in [0.15, 0.2) is 126 Å². The summed E-state index contributed by atoms with van der Waals surface area (Å²) in [5, 5.41) is 2.55. The van der Waals surface area contributed by atoms with Gasteiger partial charge in [-0.3, -0.25) is 0 Å². The van der Waals surface area contributed by atoms with Crippen LogP contribution in [0, 0.1) is 18.3 Å². The normalized spacial score (nSPS) is 24.0. The summed E-state index contributed by atoms with van der Waals surface area (Å²) < 4.78 is 0. The Morgan fingerprint density at radius 2 is 1.52 bits per heavy atom. The molecular formula is C48H48N2. The van der Waals surface area contributed by atoms with E-state index in [4.69, 9.17) is 6.42 Å². The molecular weight excluding hydrogens is 605 g/mol. The van der Waals surface area contributed by atoms with Crippen LogP contribution in [0.3, 0.4) is 0 Å². The predicted molar refractivity (Wildman–Crippen MR) is 213 cm³/mol. The Kier molecular flexibility index (Phi) is 8.19. The number of allylic oxidation sites excluding steroid dienone is 7. The van der Waals surface area contributed by atoms with Crippen LogP contribution in [-0.4, -0.2) is 17.0 Å². The maximum atomic E-state index is 5.54. The van der Waals surface area contributed by atoms with Crippen molar-refractivity contribution in [2.75, 3.05) is 4.90 Å². The third-order valence-corrected chi connectivity index (χ3v) is 12.1. The molecule has 4 unspecified atom stereocenters. The van der Waals surface area contributed by atoms with Crippen molar-refractivity contribution in [2.24, 2.45) is 5.92 Å². The highest BCUT2D eigenvalue weighted by molar-refractivity contribution is 5.90. The highest BCUT2D eigenvalue weighted by Crippen LogP contribution is 2.54. The van der Waals surface area contributed by atoms with E-state index >= 15 is 0 Å². The molecule has 2 aliphatic carbocycles. The lowest BCUT2D eigenvalue weighted by atomic mass is 9.73. The van der Waals surface area contributed by atoms with Gasteiger partial charge >= 0.3 is 0 Å². The zero-order chi connectivity index (χ0) is 34.6. The van der Waals surface area contributed by atoms with Gasteiger partial charge in [0.05, 0.1) is 0 Å². The molecule has 2 heterocycles. The summed E-state index contributed by atoms with van der Waals surface area (Å²) in [6.45, 7) is 11.8. The zero-order valence-corrected chi connectivity index (χ0v) is 30.2. The summed E-state index contributed by atoms with van der Waals surface area (Å²) in [4.78, 5) is 5.06. The van der Waals surface area contributed by atoms with Crippen molar-refractivity contribution in [2.45, 2.75) is 83.7 Å². The molecule has 250 valence electrons. The molecule has 50 heavy (non-hydrogen) atoms. The number of hydrogen-bond donors (Lipinski definition) is 0. The second-order valence-corrected chi connectivity index (χ2v) is 15.4. The first kappa shape index (κ1) is 32.2. The van der Waals surface area contributed by atoms with Crippen LogP contribution in [0.5, 0.6) is 0 Å². The van der Waals surface area contributed by atoms with Gasteiger partial charge in [-0.2, -0.15) is 0 Å². The van der Waals surface area contributed by atoms with Crippen LogP contribution in [0.25, 0.3) is 22.9 Å². The number of para-hydroxylation sites is 1. The minimum Gasteiger partial charge on any atom is -0.343 e.